The largest absolute Gasteiger partial charge is 0.495 e. The molecule has 0 radical (unpaired) electrons. The number of benzene rings is 2. The fourth-order valence-corrected chi connectivity index (χ4v) is 4.09. The Morgan fingerprint density at radius 3 is 2.40 bits per heavy atom. The molecule has 0 bridgehead atoms. The van der Waals surface area contributed by atoms with Crippen LogP contribution in [0, 0.1) is 11.3 Å². The number of esters is 1. The summed E-state index contributed by atoms with van der Waals surface area (Å²) in [5, 5.41) is 21.5. The van der Waals surface area contributed by atoms with Gasteiger partial charge in [0.1, 0.15) is 23.9 Å². The van der Waals surface area contributed by atoms with Gasteiger partial charge in [0, 0.05) is 27.9 Å². The Hall–Kier alpha value is -4.66. The number of carboxylic acids is 1. The van der Waals surface area contributed by atoms with E-state index >= 15 is 0 Å². The minimum atomic E-state index is -1.37. The second-order valence-corrected chi connectivity index (χ2v) is 9.20. The van der Waals surface area contributed by atoms with Gasteiger partial charge in [0.2, 0.25) is 5.91 Å². The van der Waals surface area contributed by atoms with Crippen molar-refractivity contribution in [2.75, 3.05) is 12.4 Å². The Labute approximate surface area is 234 Å². The molecule has 3 rings (SSSR count). The summed E-state index contributed by atoms with van der Waals surface area (Å²) in [6.07, 6.45) is 0.623. The number of rotatable bonds is 10. The second kappa shape index (κ2) is 12.9. The first-order valence-electron chi connectivity index (χ1n) is 12.1. The van der Waals surface area contributed by atoms with Gasteiger partial charge >= 0.3 is 11.9 Å². The number of carboxylic acid groups (broad SMARTS) is 1. The van der Waals surface area contributed by atoms with E-state index in [1.54, 1.807) is 25.1 Å². The van der Waals surface area contributed by atoms with Crippen LogP contribution in [0.2, 0.25) is 5.02 Å². The van der Waals surface area contributed by atoms with Crippen LogP contribution in [0.4, 0.5) is 5.69 Å². The van der Waals surface area contributed by atoms with Crippen molar-refractivity contribution in [1.82, 2.24) is 4.57 Å². The SMILES string of the molecule is CCC(C(=O)Nc1ccc(C(=O)O[C@H](C)[C@H](N)C(=O)O)cc1)n1cc(OC)c(-c2cc(Cl)ccc2C#N)cc1=O. The molecular weight excluding hydrogens is 540 g/mol. The number of amides is 1. The van der Waals surface area contributed by atoms with Crippen LogP contribution in [-0.2, 0) is 14.3 Å². The average Bonchev–Trinajstić information content (AvgIpc) is 2.93. The summed E-state index contributed by atoms with van der Waals surface area (Å²) >= 11 is 6.12. The molecule has 12 heteroatoms. The lowest BCUT2D eigenvalue weighted by Gasteiger charge is -2.20. The first-order valence-corrected chi connectivity index (χ1v) is 12.5. The molecule has 208 valence electrons. The van der Waals surface area contributed by atoms with Crippen molar-refractivity contribution in [1.29, 1.82) is 5.26 Å². The molecule has 4 N–H and O–H groups in total. The van der Waals surface area contributed by atoms with Crippen molar-refractivity contribution in [2.24, 2.45) is 5.73 Å². The minimum absolute atomic E-state index is 0.128. The number of halogens is 1. The highest BCUT2D eigenvalue weighted by atomic mass is 35.5. The molecule has 40 heavy (non-hydrogen) atoms. The highest BCUT2D eigenvalue weighted by molar-refractivity contribution is 6.31. The van der Waals surface area contributed by atoms with Crippen molar-refractivity contribution < 1.29 is 29.0 Å². The number of hydrogen-bond donors (Lipinski definition) is 3. The van der Waals surface area contributed by atoms with Gasteiger partial charge in [-0.25, -0.2) is 4.79 Å². The number of ether oxygens (including phenoxy) is 2. The maximum Gasteiger partial charge on any atom is 0.338 e. The molecule has 2 aromatic carbocycles. The summed E-state index contributed by atoms with van der Waals surface area (Å²) in [5.41, 5.74) is 6.54. The van der Waals surface area contributed by atoms with Crippen molar-refractivity contribution in [3.8, 4) is 22.9 Å². The molecule has 0 saturated heterocycles. The predicted molar refractivity (Wildman–Crippen MR) is 147 cm³/mol. The molecule has 0 saturated carbocycles. The third-order valence-electron chi connectivity index (χ3n) is 6.15. The lowest BCUT2D eigenvalue weighted by molar-refractivity contribution is -0.141. The van der Waals surface area contributed by atoms with Gasteiger partial charge in [-0.3, -0.25) is 19.0 Å². The number of methoxy groups -OCH3 is 1. The summed E-state index contributed by atoms with van der Waals surface area (Å²) in [4.78, 5) is 49.6. The van der Waals surface area contributed by atoms with E-state index in [9.17, 15) is 24.4 Å². The zero-order valence-corrected chi connectivity index (χ0v) is 22.6. The summed E-state index contributed by atoms with van der Waals surface area (Å²) in [7, 11) is 1.41. The van der Waals surface area contributed by atoms with Crippen molar-refractivity contribution in [3.63, 3.8) is 0 Å². The summed E-state index contributed by atoms with van der Waals surface area (Å²) in [5.74, 6) is -2.29. The predicted octanol–water partition coefficient (Wildman–Crippen LogP) is 3.60. The maximum absolute atomic E-state index is 13.2. The van der Waals surface area contributed by atoms with Crippen LogP contribution < -0.4 is 21.3 Å². The summed E-state index contributed by atoms with van der Waals surface area (Å²) in [6.45, 7) is 3.11. The fraction of sp³-hybridized carbons (Fsp3) is 0.250. The van der Waals surface area contributed by atoms with Crippen LogP contribution in [0.25, 0.3) is 11.1 Å². The summed E-state index contributed by atoms with van der Waals surface area (Å²) < 4.78 is 11.8. The van der Waals surface area contributed by atoms with Crippen LogP contribution in [0.1, 0.15) is 42.2 Å². The van der Waals surface area contributed by atoms with Crippen molar-refractivity contribution in [3.05, 3.63) is 81.2 Å². The third-order valence-corrected chi connectivity index (χ3v) is 6.39. The number of nitrogens with two attached hydrogens (primary N) is 1. The lowest BCUT2D eigenvalue weighted by Crippen LogP contribution is -2.42. The number of aromatic nitrogens is 1. The molecule has 1 amide bonds. The molecule has 3 aromatic rings. The molecule has 0 aliphatic heterocycles. The number of pyridine rings is 1. The Bertz CT molecular complexity index is 1530. The number of nitrogens with zero attached hydrogens (tertiary/aromatic N) is 2. The molecule has 0 spiro atoms. The van der Waals surface area contributed by atoms with Gasteiger partial charge in [0.05, 0.1) is 30.5 Å². The molecule has 3 atom stereocenters. The van der Waals surface area contributed by atoms with E-state index in [4.69, 9.17) is 31.9 Å². The van der Waals surface area contributed by atoms with Gasteiger partial charge in [-0.2, -0.15) is 5.26 Å². The fourth-order valence-electron chi connectivity index (χ4n) is 3.92. The Balaban J connectivity index is 1.83. The van der Waals surface area contributed by atoms with E-state index in [0.29, 0.717) is 27.4 Å². The smallest absolute Gasteiger partial charge is 0.338 e. The molecule has 0 fully saturated rings. The number of nitrogens with one attached hydrogen (secondary N) is 1. The molecule has 11 nitrogen and oxygen atoms in total. The van der Waals surface area contributed by atoms with Crippen LogP contribution in [-0.4, -0.2) is 46.8 Å². The van der Waals surface area contributed by atoms with Gasteiger partial charge in [-0.05, 0) is 55.8 Å². The van der Waals surface area contributed by atoms with Crippen LogP contribution in [0.5, 0.6) is 5.75 Å². The average molecular weight is 567 g/mol. The normalized spacial score (nSPS) is 12.9. The first-order chi connectivity index (χ1) is 19.0. The molecular formula is C28H27ClN4O7. The Morgan fingerprint density at radius 1 is 1.15 bits per heavy atom. The lowest BCUT2D eigenvalue weighted by atomic mass is 10.00. The Kier molecular flexibility index (Phi) is 9.66. The van der Waals surface area contributed by atoms with Gasteiger partial charge < -0.3 is 25.6 Å². The van der Waals surface area contributed by atoms with E-state index < -0.39 is 41.6 Å². The zero-order valence-electron chi connectivity index (χ0n) is 21.9. The van der Waals surface area contributed by atoms with E-state index in [-0.39, 0.29) is 17.7 Å². The van der Waals surface area contributed by atoms with Crippen LogP contribution in [0.15, 0.2) is 59.5 Å². The molecule has 0 aliphatic carbocycles. The second-order valence-electron chi connectivity index (χ2n) is 8.77. The number of carbonyl (C=O) groups is 3. The van der Waals surface area contributed by atoms with Crippen molar-refractivity contribution >= 4 is 35.1 Å². The molecule has 1 unspecified atom stereocenters. The van der Waals surface area contributed by atoms with E-state index in [1.165, 1.54) is 55.1 Å². The topological polar surface area (TPSA) is 174 Å². The van der Waals surface area contributed by atoms with Gasteiger partial charge in [0.25, 0.3) is 5.56 Å². The van der Waals surface area contributed by atoms with E-state index in [1.807, 2.05) is 0 Å². The van der Waals surface area contributed by atoms with E-state index in [0.717, 1.165) is 0 Å². The third kappa shape index (κ3) is 6.66. The molecule has 0 aliphatic rings. The van der Waals surface area contributed by atoms with Crippen LogP contribution in [0.3, 0.4) is 0 Å². The molecule has 1 aromatic heterocycles. The number of anilines is 1. The monoisotopic (exact) mass is 566 g/mol. The number of nitriles is 1. The standard InChI is InChI=1S/C28H27ClN4O7/c1-4-22(26(35)32-19-9-6-16(7-10-19)28(38)40-15(2)25(31)27(36)37)33-14-23(39-3)21(12-24(33)34)20-11-18(29)8-5-17(20)13-30/h5-12,14-15,22,25H,4,31H2,1-3H3,(H,32,35)(H,36,37)/t15-,22?,25+/m1/s1. The first kappa shape index (κ1) is 29.9. The zero-order chi connectivity index (χ0) is 29.6. The highest BCUT2D eigenvalue weighted by Crippen LogP contribution is 2.33. The number of aliphatic carboxylic acids is 1. The summed E-state index contributed by atoms with van der Waals surface area (Å²) in [6, 6.07) is 11.5. The maximum atomic E-state index is 13.2. The minimum Gasteiger partial charge on any atom is -0.495 e. The van der Waals surface area contributed by atoms with Crippen molar-refractivity contribution in [2.45, 2.75) is 38.5 Å². The van der Waals surface area contributed by atoms with Crippen LogP contribution >= 0.6 is 11.6 Å². The quantitative estimate of drug-likeness (QED) is 0.310. The van der Waals surface area contributed by atoms with Gasteiger partial charge in [-0.1, -0.05) is 18.5 Å². The molecule has 1 heterocycles. The Morgan fingerprint density at radius 2 is 1.82 bits per heavy atom. The van der Waals surface area contributed by atoms with E-state index in [2.05, 4.69) is 11.4 Å². The van der Waals surface area contributed by atoms with Gasteiger partial charge in [0.15, 0.2) is 0 Å². The number of hydrogen-bond acceptors (Lipinski definition) is 8. The highest BCUT2D eigenvalue weighted by Gasteiger charge is 2.25. The van der Waals surface area contributed by atoms with Gasteiger partial charge in [-0.15, -0.1) is 0 Å². The number of carbonyl (C=O) groups excluding carboxylic acids is 2.